The lowest BCUT2D eigenvalue weighted by Gasteiger charge is -2.31. The second-order valence-corrected chi connectivity index (χ2v) is 7.20. The van der Waals surface area contributed by atoms with E-state index in [0.29, 0.717) is 17.5 Å². The van der Waals surface area contributed by atoms with Crippen LogP contribution in [0, 0.1) is 23.6 Å². The Bertz CT molecular complexity index is 827. The van der Waals surface area contributed by atoms with E-state index in [9.17, 15) is 23.9 Å². The summed E-state index contributed by atoms with van der Waals surface area (Å²) in [7, 11) is 0. The number of hydrogen-bond acceptors (Lipinski definition) is 3. The topological polar surface area (TPSA) is 71.4 Å². The van der Waals surface area contributed by atoms with Crippen LogP contribution in [0.5, 0.6) is 0 Å². The zero-order valence-corrected chi connectivity index (χ0v) is 16.3. The zero-order valence-electron chi connectivity index (χ0n) is 16.3. The number of benzene rings is 2. The molecule has 3 unspecified atom stereocenters. The summed E-state index contributed by atoms with van der Waals surface area (Å²) >= 11 is 0. The van der Waals surface area contributed by atoms with Crippen molar-refractivity contribution in [2.24, 2.45) is 17.8 Å². The van der Waals surface area contributed by atoms with Crippen molar-refractivity contribution in [1.82, 2.24) is 0 Å². The summed E-state index contributed by atoms with van der Waals surface area (Å²) in [5.41, 5.74) is 0.932. The van der Waals surface area contributed by atoms with Crippen molar-refractivity contribution in [2.75, 3.05) is 0 Å². The molecule has 0 aliphatic heterocycles. The van der Waals surface area contributed by atoms with E-state index in [4.69, 9.17) is 0 Å². The molecule has 5 heteroatoms. The zero-order chi connectivity index (χ0) is 20.8. The summed E-state index contributed by atoms with van der Waals surface area (Å²) in [4.78, 5) is 38.1. The molecule has 0 radical (unpaired) electrons. The third-order valence-electron chi connectivity index (χ3n) is 5.02. The molecule has 0 aliphatic carbocycles. The van der Waals surface area contributed by atoms with Crippen LogP contribution in [0.25, 0.3) is 0 Å². The van der Waals surface area contributed by atoms with E-state index in [-0.39, 0.29) is 5.78 Å². The molecule has 0 amide bonds. The van der Waals surface area contributed by atoms with Gasteiger partial charge in [0.25, 0.3) is 0 Å². The summed E-state index contributed by atoms with van der Waals surface area (Å²) in [5, 5.41) is 9.87. The van der Waals surface area contributed by atoms with Crippen molar-refractivity contribution in [3.8, 4) is 0 Å². The van der Waals surface area contributed by atoms with Crippen LogP contribution >= 0.6 is 0 Å². The number of carboxylic acid groups (broad SMARTS) is 1. The number of halogens is 1. The quantitative estimate of drug-likeness (QED) is 0.500. The van der Waals surface area contributed by atoms with Crippen LogP contribution < -0.4 is 0 Å². The van der Waals surface area contributed by atoms with Crippen LogP contribution in [-0.2, 0) is 9.59 Å². The van der Waals surface area contributed by atoms with Crippen molar-refractivity contribution < 1.29 is 23.9 Å². The minimum absolute atomic E-state index is 0.222. The Morgan fingerprint density at radius 3 is 2.00 bits per heavy atom. The molecule has 0 fully saturated rings. The third kappa shape index (κ3) is 4.71. The Labute approximate surface area is 164 Å². The Hall–Kier alpha value is -2.82. The molecular weight excluding hydrogens is 359 g/mol. The molecule has 0 spiro atoms. The van der Waals surface area contributed by atoms with Crippen molar-refractivity contribution in [3.63, 3.8) is 0 Å². The largest absolute Gasteiger partial charge is 0.481 e. The standard InChI is InChI=1S/C23H25FO4/c1-4-18(22(26)16-8-6-5-7-9-16)19(15-10-12-17(24)13-11-15)20(23(27)28)21(25)14(2)3/h5-14,18-20H,4H2,1-3H3,(H,27,28). The van der Waals surface area contributed by atoms with E-state index >= 15 is 0 Å². The van der Waals surface area contributed by atoms with Gasteiger partial charge in [-0.25, -0.2) is 4.39 Å². The number of carboxylic acids is 1. The Morgan fingerprint density at radius 2 is 1.54 bits per heavy atom. The van der Waals surface area contributed by atoms with Crippen molar-refractivity contribution >= 4 is 17.5 Å². The van der Waals surface area contributed by atoms with E-state index in [1.165, 1.54) is 24.3 Å². The van der Waals surface area contributed by atoms with E-state index in [1.54, 1.807) is 51.1 Å². The van der Waals surface area contributed by atoms with Crippen molar-refractivity contribution in [3.05, 3.63) is 71.5 Å². The second-order valence-electron chi connectivity index (χ2n) is 7.20. The summed E-state index contributed by atoms with van der Waals surface area (Å²) in [6.07, 6.45) is 0.352. The van der Waals surface area contributed by atoms with Gasteiger partial charge in [-0.2, -0.15) is 0 Å². The van der Waals surface area contributed by atoms with Crippen LogP contribution in [0.2, 0.25) is 0 Å². The first-order chi connectivity index (χ1) is 13.3. The fraction of sp³-hybridized carbons (Fsp3) is 0.348. The fourth-order valence-electron chi connectivity index (χ4n) is 3.57. The Balaban J connectivity index is 2.61. The van der Waals surface area contributed by atoms with Gasteiger partial charge in [0.2, 0.25) is 0 Å². The van der Waals surface area contributed by atoms with Gasteiger partial charge < -0.3 is 5.11 Å². The first-order valence-corrected chi connectivity index (χ1v) is 9.39. The Morgan fingerprint density at radius 1 is 0.964 bits per heavy atom. The van der Waals surface area contributed by atoms with Gasteiger partial charge in [0.15, 0.2) is 5.78 Å². The van der Waals surface area contributed by atoms with Crippen LogP contribution in [0.4, 0.5) is 4.39 Å². The molecule has 0 bridgehead atoms. The highest BCUT2D eigenvalue weighted by molar-refractivity contribution is 6.03. The number of hydrogen-bond donors (Lipinski definition) is 1. The van der Waals surface area contributed by atoms with Gasteiger partial charge in [0, 0.05) is 23.3 Å². The van der Waals surface area contributed by atoms with E-state index in [2.05, 4.69) is 0 Å². The molecule has 3 atom stereocenters. The minimum atomic E-state index is -1.39. The molecule has 0 saturated heterocycles. The van der Waals surface area contributed by atoms with Gasteiger partial charge in [-0.3, -0.25) is 14.4 Å². The first-order valence-electron chi connectivity index (χ1n) is 9.39. The van der Waals surface area contributed by atoms with E-state index in [1.807, 2.05) is 0 Å². The van der Waals surface area contributed by atoms with Gasteiger partial charge in [-0.1, -0.05) is 63.2 Å². The monoisotopic (exact) mass is 384 g/mol. The van der Waals surface area contributed by atoms with Gasteiger partial charge >= 0.3 is 5.97 Å². The van der Waals surface area contributed by atoms with Crippen molar-refractivity contribution in [1.29, 1.82) is 0 Å². The second kappa shape index (κ2) is 9.40. The summed E-state index contributed by atoms with van der Waals surface area (Å²) < 4.78 is 13.5. The molecule has 0 aliphatic rings. The SMILES string of the molecule is CCC(C(=O)c1ccccc1)C(c1ccc(F)cc1)C(C(=O)O)C(=O)C(C)C. The smallest absolute Gasteiger partial charge is 0.314 e. The molecule has 0 aromatic heterocycles. The Kier molecular flexibility index (Phi) is 7.21. The highest BCUT2D eigenvalue weighted by Crippen LogP contribution is 2.38. The number of Topliss-reactive ketones (excluding diaryl/α,β-unsaturated/α-hetero) is 2. The van der Waals surface area contributed by atoms with Crippen molar-refractivity contribution in [2.45, 2.75) is 33.1 Å². The predicted octanol–water partition coefficient (Wildman–Crippen LogP) is 4.74. The summed E-state index contributed by atoms with van der Waals surface area (Å²) in [5.74, 6) is -5.90. The number of carbonyl (C=O) groups excluding carboxylic acids is 2. The van der Waals surface area contributed by atoms with Crippen LogP contribution in [-0.4, -0.2) is 22.6 Å². The maximum absolute atomic E-state index is 13.5. The highest BCUT2D eigenvalue weighted by Gasteiger charge is 2.43. The molecule has 148 valence electrons. The van der Waals surface area contributed by atoms with Crippen LogP contribution in [0.1, 0.15) is 49.0 Å². The van der Waals surface area contributed by atoms with Gasteiger partial charge in [-0.15, -0.1) is 0 Å². The lowest BCUT2D eigenvalue weighted by atomic mass is 9.70. The number of carbonyl (C=O) groups is 3. The van der Waals surface area contributed by atoms with E-state index in [0.717, 1.165) is 0 Å². The maximum Gasteiger partial charge on any atom is 0.314 e. The molecule has 0 heterocycles. The lowest BCUT2D eigenvalue weighted by Crippen LogP contribution is -2.38. The molecule has 2 aromatic carbocycles. The average molecular weight is 384 g/mol. The maximum atomic E-state index is 13.5. The average Bonchev–Trinajstić information content (AvgIpc) is 2.68. The van der Waals surface area contributed by atoms with Gasteiger partial charge in [-0.05, 0) is 24.1 Å². The van der Waals surface area contributed by atoms with E-state index < -0.39 is 41.2 Å². The van der Waals surface area contributed by atoms with Crippen LogP contribution in [0.3, 0.4) is 0 Å². The number of ketones is 2. The number of rotatable bonds is 9. The molecule has 2 rings (SSSR count). The summed E-state index contributed by atoms with van der Waals surface area (Å²) in [6.45, 7) is 5.07. The molecule has 4 nitrogen and oxygen atoms in total. The predicted molar refractivity (Wildman–Crippen MR) is 105 cm³/mol. The third-order valence-corrected chi connectivity index (χ3v) is 5.02. The fourth-order valence-corrected chi connectivity index (χ4v) is 3.57. The number of aliphatic carboxylic acids is 1. The van der Waals surface area contributed by atoms with Gasteiger partial charge in [0.05, 0.1) is 0 Å². The molecule has 28 heavy (non-hydrogen) atoms. The summed E-state index contributed by atoms with van der Waals surface area (Å²) in [6, 6.07) is 14.0. The molecule has 2 aromatic rings. The molecule has 0 saturated carbocycles. The van der Waals surface area contributed by atoms with Crippen LogP contribution in [0.15, 0.2) is 54.6 Å². The molecular formula is C23H25FO4. The first kappa shape index (κ1) is 21.5. The highest BCUT2D eigenvalue weighted by atomic mass is 19.1. The molecule has 1 N–H and O–H groups in total. The normalized spacial score (nSPS) is 14.3. The minimum Gasteiger partial charge on any atom is -0.481 e. The lowest BCUT2D eigenvalue weighted by molar-refractivity contribution is -0.148. The van der Waals surface area contributed by atoms with Gasteiger partial charge in [0.1, 0.15) is 17.5 Å².